The van der Waals surface area contributed by atoms with Gasteiger partial charge in [0.05, 0.1) is 5.56 Å². The van der Waals surface area contributed by atoms with Crippen LogP contribution in [0.4, 0.5) is 5.00 Å². The van der Waals surface area contributed by atoms with E-state index in [0.717, 1.165) is 42.4 Å². The van der Waals surface area contributed by atoms with Gasteiger partial charge in [0.1, 0.15) is 11.1 Å². The minimum Gasteiger partial charge on any atom is -0.312 e. The Balaban J connectivity index is 1.55. The lowest BCUT2D eigenvalue weighted by Gasteiger charge is -2.08. The Morgan fingerprint density at radius 1 is 0.893 bits per heavy atom. The number of aryl methyl sites for hydroxylation is 1. The number of nitrogens with one attached hydrogen (secondary N) is 1. The van der Waals surface area contributed by atoms with Crippen molar-refractivity contribution in [2.45, 2.75) is 38.5 Å². The normalized spacial score (nSPS) is 13.7. The average Bonchev–Trinajstić information content (AvgIpc) is 3.04. The Kier molecular flexibility index (Phi) is 5.55. The quantitative estimate of drug-likeness (QED) is 0.583. The SMILES string of the molecule is N#Cc1c(NC(=O)c2ccc(-c3ccccc3)cc2)sc2c1CCCCCC2. The number of nitrogens with zero attached hydrogens (tertiary/aromatic N) is 1. The third kappa shape index (κ3) is 3.85. The zero-order valence-electron chi connectivity index (χ0n) is 15.7. The molecule has 1 N–H and O–H groups in total. The van der Waals surface area contributed by atoms with Gasteiger partial charge in [0, 0.05) is 10.4 Å². The number of carbonyl (C=O) groups is 1. The molecule has 0 bridgehead atoms. The minimum atomic E-state index is -0.162. The van der Waals surface area contributed by atoms with Crippen LogP contribution in [0.5, 0.6) is 0 Å². The topological polar surface area (TPSA) is 52.9 Å². The first-order valence-electron chi connectivity index (χ1n) is 9.78. The van der Waals surface area contributed by atoms with Gasteiger partial charge in [-0.15, -0.1) is 11.3 Å². The Bertz CT molecular complexity index is 1010. The lowest BCUT2D eigenvalue weighted by atomic mass is 9.97. The van der Waals surface area contributed by atoms with E-state index in [1.54, 1.807) is 11.3 Å². The second-order valence-corrected chi connectivity index (χ2v) is 8.24. The highest BCUT2D eigenvalue weighted by molar-refractivity contribution is 7.16. The summed E-state index contributed by atoms with van der Waals surface area (Å²) >= 11 is 1.58. The van der Waals surface area contributed by atoms with Crippen LogP contribution < -0.4 is 5.32 Å². The van der Waals surface area contributed by atoms with Crippen LogP contribution in [-0.4, -0.2) is 5.91 Å². The van der Waals surface area contributed by atoms with Crippen LogP contribution in [0.15, 0.2) is 54.6 Å². The van der Waals surface area contributed by atoms with Crippen LogP contribution >= 0.6 is 11.3 Å². The number of hydrogen-bond donors (Lipinski definition) is 1. The fraction of sp³-hybridized carbons (Fsp3) is 0.250. The van der Waals surface area contributed by atoms with Crippen LogP contribution in [0.2, 0.25) is 0 Å². The summed E-state index contributed by atoms with van der Waals surface area (Å²) in [5.74, 6) is -0.162. The summed E-state index contributed by atoms with van der Waals surface area (Å²) in [7, 11) is 0. The van der Waals surface area contributed by atoms with Gasteiger partial charge in [-0.1, -0.05) is 55.3 Å². The van der Waals surface area contributed by atoms with Crippen LogP contribution in [0.3, 0.4) is 0 Å². The van der Waals surface area contributed by atoms with E-state index in [1.165, 1.54) is 17.7 Å². The lowest BCUT2D eigenvalue weighted by molar-refractivity contribution is 0.102. The molecular weight excluding hydrogens is 364 g/mol. The Hall–Kier alpha value is -2.90. The van der Waals surface area contributed by atoms with Crippen LogP contribution in [0.25, 0.3) is 11.1 Å². The molecule has 28 heavy (non-hydrogen) atoms. The molecule has 0 unspecified atom stereocenters. The molecule has 4 rings (SSSR count). The zero-order valence-corrected chi connectivity index (χ0v) is 16.5. The van der Waals surface area contributed by atoms with E-state index in [2.05, 4.69) is 23.5 Å². The van der Waals surface area contributed by atoms with Crippen molar-refractivity contribution in [1.82, 2.24) is 0 Å². The van der Waals surface area contributed by atoms with Gasteiger partial charge in [-0.3, -0.25) is 4.79 Å². The summed E-state index contributed by atoms with van der Waals surface area (Å²) in [5, 5.41) is 13.4. The maximum atomic E-state index is 12.8. The number of rotatable bonds is 3. The third-order valence-electron chi connectivity index (χ3n) is 5.26. The van der Waals surface area contributed by atoms with Gasteiger partial charge < -0.3 is 5.32 Å². The van der Waals surface area contributed by atoms with Gasteiger partial charge in [-0.2, -0.15) is 5.26 Å². The highest BCUT2D eigenvalue weighted by Crippen LogP contribution is 2.36. The number of hydrogen-bond acceptors (Lipinski definition) is 3. The van der Waals surface area contributed by atoms with Gasteiger partial charge in [0.25, 0.3) is 5.91 Å². The van der Waals surface area contributed by atoms with E-state index in [0.29, 0.717) is 16.1 Å². The number of nitriles is 1. The van der Waals surface area contributed by atoms with Crippen molar-refractivity contribution in [3.8, 4) is 17.2 Å². The first-order chi connectivity index (χ1) is 13.8. The monoisotopic (exact) mass is 386 g/mol. The van der Waals surface area contributed by atoms with Crippen molar-refractivity contribution in [3.05, 3.63) is 76.2 Å². The molecular formula is C24H22N2OS. The molecule has 0 atom stereocenters. The smallest absolute Gasteiger partial charge is 0.256 e. The number of carbonyl (C=O) groups excluding carboxylic acids is 1. The van der Waals surface area contributed by atoms with E-state index >= 15 is 0 Å². The molecule has 0 radical (unpaired) electrons. The largest absolute Gasteiger partial charge is 0.312 e. The number of thiophene rings is 1. The van der Waals surface area contributed by atoms with Crippen molar-refractivity contribution in [2.24, 2.45) is 0 Å². The molecule has 3 aromatic rings. The molecule has 3 nitrogen and oxygen atoms in total. The number of anilines is 1. The second-order valence-electron chi connectivity index (χ2n) is 7.13. The summed E-state index contributed by atoms with van der Waals surface area (Å²) in [5.41, 5.74) is 4.62. The predicted molar refractivity (Wildman–Crippen MR) is 115 cm³/mol. The van der Waals surface area contributed by atoms with Crippen molar-refractivity contribution in [1.29, 1.82) is 5.26 Å². The average molecular weight is 387 g/mol. The molecule has 0 fully saturated rings. The molecule has 1 amide bonds. The molecule has 0 aliphatic heterocycles. The fourth-order valence-electron chi connectivity index (χ4n) is 3.75. The molecule has 4 heteroatoms. The van der Waals surface area contributed by atoms with Crippen molar-refractivity contribution in [2.75, 3.05) is 5.32 Å². The molecule has 0 spiro atoms. The molecule has 0 saturated carbocycles. The zero-order chi connectivity index (χ0) is 19.3. The van der Waals surface area contributed by atoms with Crippen LogP contribution in [0, 0.1) is 11.3 Å². The lowest BCUT2D eigenvalue weighted by Crippen LogP contribution is -2.11. The van der Waals surface area contributed by atoms with Crippen LogP contribution in [0.1, 0.15) is 52.0 Å². The molecule has 1 aliphatic rings. The molecule has 140 valence electrons. The molecule has 1 aromatic heterocycles. The summed E-state index contributed by atoms with van der Waals surface area (Å²) in [6.07, 6.45) is 6.69. The Labute approximate surface area is 169 Å². The summed E-state index contributed by atoms with van der Waals surface area (Å²) in [4.78, 5) is 14.0. The number of amides is 1. The summed E-state index contributed by atoms with van der Waals surface area (Å²) < 4.78 is 0. The second kappa shape index (κ2) is 8.41. The molecule has 1 aliphatic carbocycles. The highest BCUT2D eigenvalue weighted by Gasteiger charge is 2.20. The molecule has 1 heterocycles. The minimum absolute atomic E-state index is 0.162. The predicted octanol–water partition coefficient (Wildman–Crippen LogP) is 6.20. The third-order valence-corrected chi connectivity index (χ3v) is 6.47. The summed E-state index contributed by atoms with van der Waals surface area (Å²) in [6, 6.07) is 20.0. The Morgan fingerprint density at radius 2 is 1.57 bits per heavy atom. The maximum absolute atomic E-state index is 12.8. The van der Waals surface area contributed by atoms with E-state index in [1.807, 2.05) is 42.5 Å². The van der Waals surface area contributed by atoms with Gasteiger partial charge >= 0.3 is 0 Å². The molecule has 0 saturated heterocycles. The van der Waals surface area contributed by atoms with E-state index in [4.69, 9.17) is 0 Å². The maximum Gasteiger partial charge on any atom is 0.256 e. The fourth-order valence-corrected chi connectivity index (χ4v) is 4.98. The van der Waals surface area contributed by atoms with Crippen molar-refractivity contribution < 1.29 is 4.79 Å². The molecule has 2 aromatic carbocycles. The van der Waals surface area contributed by atoms with E-state index < -0.39 is 0 Å². The van der Waals surface area contributed by atoms with Crippen LogP contribution in [-0.2, 0) is 12.8 Å². The number of fused-ring (bicyclic) bond motifs is 1. The van der Waals surface area contributed by atoms with E-state index in [-0.39, 0.29) is 5.91 Å². The standard InChI is InChI=1S/C24H22N2OS/c25-16-21-20-10-6-1-2-7-11-22(20)28-24(21)26-23(27)19-14-12-18(13-15-19)17-8-4-3-5-9-17/h3-5,8-9,12-15H,1-2,6-7,10-11H2,(H,26,27). The van der Waals surface area contributed by atoms with E-state index in [9.17, 15) is 10.1 Å². The first-order valence-corrected chi connectivity index (χ1v) is 10.6. The van der Waals surface area contributed by atoms with Gasteiger partial charge in [-0.25, -0.2) is 0 Å². The van der Waals surface area contributed by atoms with Gasteiger partial charge in [0.15, 0.2) is 0 Å². The van der Waals surface area contributed by atoms with Gasteiger partial charge in [0.2, 0.25) is 0 Å². The van der Waals surface area contributed by atoms with Crippen molar-refractivity contribution >= 4 is 22.2 Å². The highest BCUT2D eigenvalue weighted by atomic mass is 32.1. The Morgan fingerprint density at radius 3 is 2.29 bits per heavy atom. The van der Waals surface area contributed by atoms with Crippen molar-refractivity contribution in [3.63, 3.8) is 0 Å². The number of benzene rings is 2. The van der Waals surface area contributed by atoms with Gasteiger partial charge in [-0.05, 0) is 54.5 Å². The first kappa shape index (κ1) is 18.5. The summed E-state index contributed by atoms with van der Waals surface area (Å²) in [6.45, 7) is 0.